The minimum atomic E-state index is -0.121. The smallest absolute Gasteiger partial charge is 0.242 e. The highest BCUT2D eigenvalue weighted by Gasteiger charge is 2.07. The van der Waals surface area contributed by atoms with E-state index < -0.39 is 0 Å². The normalized spacial score (nSPS) is 12.2. The molecule has 2 rings (SSSR count). The standard InChI is InChI=1S/C22H30N4O2/c1-4-23-22(25-14-17(2)19-8-6-5-7-9-19)26-16-21(27)24-15-18-10-12-20(28-3)13-11-18/h5-13,17H,4,14-16H2,1-3H3,(H,24,27)(H2,23,25,26). The molecule has 0 aliphatic rings. The van der Waals surface area contributed by atoms with Gasteiger partial charge >= 0.3 is 0 Å². The van der Waals surface area contributed by atoms with Crippen LogP contribution in [0, 0.1) is 0 Å². The van der Waals surface area contributed by atoms with Gasteiger partial charge in [0.15, 0.2) is 5.96 Å². The van der Waals surface area contributed by atoms with Gasteiger partial charge in [0.1, 0.15) is 12.3 Å². The Morgan fingerprint density at radius 2 is 1.75 bits per heavy atom. The van der Waals surface area contributed by atoms with E-state index in [-0.39, 0.29) is 12.5 Å². The van der Waals surface area contributed by atoms with Crippen LogP contribution in [-0.2, 0) is 11.3 Å². The summed E-state index contributed by atoms with van der Waals surface area (Å²) in [5.74, 6) is 1.66. The van der Waals surface area contributed by atoms with E-state index >= 15 is 0 Å². The second-order valence-corrected chi connectivity index (χ2v) is 6.51. The molecule has 0 heterocycles. The number of carbonyl (C=O) groups is 1. The first-order valence-corrected chi connectivity index (χ1v) is 9.59. The molecule has 0 aliphatic carbocycles. The van der Waals surface area contributed by atoms with Gasteiger partial charge in [-0.25, -0.2) is 4.99 Å². The van der Waals surface area contributed by atoms with Crippen molar-refractivity contribution >= 4 is 11.9 Å². The Morgan fingerprint density at radius 1 is 1.04 bits per heavy atom. The predicted molar refractivity (Wildman–Crippen MR) is 114 cm³/mol. The maximum Gasteiger partial charge on any atom is 0.242 e. The van der Waals surface area contributed by atoms with E-state index in [2.05, 4.69) is 40.0 Å². The lowest BCUT2D eigenvalue weighted by Crippen LogP contribution is -2.40. The van der Waals surface area contributed by atoms with Gasteiger partial charge in [0, 0.05) is 19.6 Å². The Bertz CT molecular complexity index is 745. The van der Waals surface area contributed by atoms with E-state index in [1.165, 1.54) is 5.56 Å². The van der Waals surface area contributed by atoms with Crippen molar-refractivity contribution < 1.29 is 9.53 Å². The molecule has 6 nitrogen and oxygen atoms in total. The van der Waals surface area contributed by atoms with Gasteiger partial charge in [0.05, 0.1) is 7.11 Å². The maximum atomic E-state index is 12.1. The zero-order valence-corrected chi connectivity index (χ0v) is 16.9. The van der Waals surface area contributed by atoms with Crippen LogP contribution in [-0.4, -0.2) is 38.6 Å². The van der Waals surface area contributed by atoms with Gasteiger partial charge in [0.25, 0.3) is 0 Å². The number of nitrogens with one attached hydrogen (secondary N) is 3. The van der Waals surface area contributed by atoms with E-state index in [9.17, 15) is 4.79 Å². The van der Waals surface area contributed by atoms with E-state index in [0.29, 0.717) is 18.4 Å². The molecule has 0 fully saturated rings. The zero-order valence-electron chi connectivity index (χ0n) is 16.9. The zero-order chi connectivity index (χ0) is 20.2. The van der Waals surface area contributed by atoms with Crippen LogP contribution in [0.15, 0.2) is 59.6 Å². The van der Waals surface area contributed by atoms with Crippen LogP contribution < -0.4 is 20.7 Å². The Labute approximate surface area is 167 Å². The Kier molecular flexibility index (Phi) is 8.85. The van der Waals surface area contributed by atoms with E-state index in [1.807, 2.05) is 49.4 Å². The third kappa shape index (κ3) is 7.31. The molecule has 3 N–H and O–H groups in total. The lowest BCUT2D eigenvalue weighted by Gasteiger charge is -2.16. The molecule has 2 aromatic carbocycles. The molecule has 0 aromatic heterocycles. The summed E-state index contributed by atoms with van der Waals surface area (Å²) >= 11 is 0. The molecule has 150 valence electrons. The van der Waals surface area contributed by atoms with Crippen molar-refractivity contribution in [2.75, 3.05) is 26.7 Å². The van der Waals surface area contributed by atoms with Gasteiger partial charge < -0.3 is 20.7 Å². The van der Waals surface area contributed by atoms with Crippen LogP contribution in [0.1, 0.15) is 30.9 Å². The Hall–Kier alpha value is -3.02. The third-order valence-corrected chi connectivity index (χ3v) is 4.32. The summed E-state index contributed by atoms with van der Waals surface area (Å²) in [6.45, 7) is 6.18. The third-order valence-electron chi connectivity index (χ3n) is 4.32. The molecular formula is C22H30N4O2. The molecule has 0 saturated carbocycles. The van der Waals surface area contributed by atoms with Gasteiger partial charge in [0.2, 0.25) is 5.91 Å². The summed E-state index contributed by atoms with van der Waals surface area (Å²) in [5.41, 5.74) is 2.28. The molecule has 2 aromatic rings. The van der Waals surface area contributed by atoms with Crippen molar-refractivity contribution in [1.29, 1.82) is 0 Å². The number of benzene rings is 2. The van der Waals surface area contributed by atoms with Crippen LogP contribution in [0.4, 0.5) is 0 Å². The van der Waals surface area contributed by atoms with Gasteiger partial charge in [-0.3, -0.25) is 4.79 Å². The molecular weight excluding hydrogens is 352 g/mol. The van der Waals surface area contributed by atoms with E-state index in [0.717, 1.165) is 24.4 Å². The molecule has 1 atom stereocenters. The summed E-state index contributed by atoms with van der Waals surface area (Å²) in [6.07, 6.45) is 0. The monoisotopic (exact) mass is 382 g/mol. The fraction of sp³-hybridized carbons (Fsp3) is 0.364. The number of rotatable bonds is 9. The number of guanidine groups is 1. The minimum Gasteiger partial charge on any atom is -0.497 e. The lowest BCUT2D eigenvalue weighted by atomic mass is 10.0. The average molecular weight is 383 g/mol. The molecule has 1 amide bonds. The van der Waals surface area contributed by atoms with Crippen LogP contribution in [0.3, 0.4) is 0 Å². The van der Waals surface area contributed by atoms with Crippen LogP contribution in [0.2, 0.25) is 0 Å². The van der Waals surface area contributed by atoms with Crippen LogP contribution in [0.5, 0.6) is 5.75 Å². The number of carbonyl (C=O) groups excluding carboxylic acids is 1. The second-order valence-electron chi connectivity index (χ2n) is 6.51. The van der Waals surface area contributed by atoms with Gasteiger partial charge in [-0.1, -0.05) is 49.4 Å². The first-order chi connectivity index (χ1) is 13.6. The highest BCUT2D eigenvalue weighted by molar-refractivity contribution is 5.84. The number of ether oxygens (including phenoxy) is 1. The number of aliphatic imine (C=N–C) groups is 1. The summed E-state index contributed by atoms with van der Waals surface area (Å²) < 4.78 is 5.13. The average Bonchev–Trinajstić information content (AvgIpc) is 2.75. The topological polar surface area (TPSA) is 74.8 Å². The fourth-order valence-electron chi connectivity index (χ4n) is 2.64. The van der Waals surface area contributed by atoms with Crippen molar-refractivity contribution in [3.8, 4) is 5.75 Å². The summed E-state index contributed by atoms with van der Waals surface area (Å²) in [7, 11) is 1.63. The number of hydrogen-bond acceptors (Lipinski definition) is 3. The molecule has 0 spiro atoms. The van der Waals surface area contributed by atoms with Crippen molar-refractivity contribution in [2.45, 2.75) is 26.3 Å². The quantitative estimate of drug-likeness (QED) is 0.460. The Balaban J connectivity index is 1.80. The van der Waals surface area contributed by atoms with Crippen LogP contribution in [0.25, 0.3) is 0 Å². The van der Waals surface area contributed by atoms with E-state index in [4.69, 9.17) is 4.74 Å². The second kappa shape index (κ2) is 11.6. The lowest BCUT2D eigenvalue weighted by molar-refractivity contribution is -0.119. The van der Waals surface area contributed by atoms with Gasteiger partial charge in [-0.15, -0.1) is 0 Å². The number of hydrogen-bond donors (Lipinski definition) is 3. The van der Waals surface area contributed by atoms with E-state index in [1.54, 1.807) is 7.11 Å². The van der Waals surface area contributed by atoms with Crippen molar-refractivity contribution in [1.82, 2.24) is 16.0 Å². The summed E-state index contributed by atoms with van der Waals surface area (Å²) in [4.78, 5) is 16.5. The minimum absolute atomic E-state index is 0.0746. The Morgan fingerprint density at radius 3 is 2.39 bits per heavy atom. The van der Waals surface area contributed by atoms with Crippen molar-refractivity contribution in [3.63, 3.8) is 0 Å². The number of nitrogens with zero attached hydrogens (tertiary/aromatic N) is 1. The highest BCUT2D eigenvalue weighted by atomic mass is 16.5. The molecule has 0 radical (unpaired) electrons. The summed E-state index contributed by atoms with van der Waals surface area (Å²) in [6, 6.07) is 17.9. The maximum absolute atomic E-state index is 12.1. The summed E-state index contributed by atoms with van der Waals surface area (Å²) in [5, 5.41) is 9.36. The number of amides is 1. The van der Waals surface area contributed by atoms with Crippen molar-refractivity contribution in [3.05, 3.63) is 65.7 Å². The molecule has 6 heteroatoms. The van der Waals surface area contributed by atoms with Crippen molar-refractivity contribution in [2.24, 2.45) is 4.99 Å². The molecule has 0 aliphatic heterocycles. The number of methoxy groups -OCH3 is 1. The molecule has 1 unspecified atom stereocenters. The largest absolute Gasteiger partial charge is 0.497 e. The highest BCUT2D eigenvalue weighted by Crippen LogP contribution is 2.13. The van der Waals surface area contributed by atoms with Gasteiger partial charge in [-0.2, -0.15) is 0 Å². The first-order valence-electron chi connectivity index (χ1n) is 9.59. The fourth-order valence-corrected chi connectivity index (χ4v) is 2.64. The van der Waals surface area contributed by atoms with Gasteiger partial charge in [-0.05, 0) is 36.1 Å². The first kappa shape index (κ1) is 21.3. The predicted octanol–water partition coefficient (Wildman–Crippen LogP) is 2.67. The molecule has 0 saturated heterocycles. The molecule has 0 bridgehead atoms. The molecule has 28 heavy (non-hydrogen) atoms. The van der Waals surface area contributed by atoms with Crippen LogP contribution >= 0.6 is 0 Å². The SMILES string of the molecule is CCNC(=NCC(=O)NCc1ccc(OC)cc1)NCC(C)c1ccccc1.